The fourth-order valence-corrected chi connectivity index (χ4v) is 2.73. The van der Waals surface area contributed by atoms with Crippen molar-refractivity contribution in [3.8, 4) is 0 Å². The van der Waals surface area contributed by atoms with E-state index in [0.717, 1.165) is 37.1 Å². The number of hydrogen-bond acceptors (Lipinski definition) is 3. The third-order valence-corrected chi connectivity index (χ3v) is 3.94. The molecule has 5 nitrogen and oxygen atoms in total. The lowest BCUT2D eigenvalue weighted by atomic mass is 10.0. The van der Waals surface area contributed by atoms with Crippen LogP contribution in [0.1, 0.15) is 34.8 Å². The number of carbonyl (C=O) groups excluding carboxylic acids is 1. The maximum atomic E-state index is 12.5. The first-order chi connectivity index (χ1) is 9.75. The van der Waals surface area contributed by atoms with Gasteiger partial charge in [-0.2, -0.15) is 0 Å². The summed E-state index contributed by atoms with van der Waals surface area (Å²) in [5, 5.41) is 7.89. The van der Waals surface area contributed by atoms with Gasteiger partial charge < -0.3 is 4.90 Å². The summed E-state index contributed by atoms with van der Waals surface area (Å²) in [6.45, 7) is 3.53. The van der Waals surface area contributed by atoms with Gasteiger partial charge >= 0.3 is 0 Å². The van der Waals surface area contributed by atoms with Crippen molar-refractivity contribution >= 4 is 5.91 Å². The monoisotopic (exact) mass is 270 g/mol. The Morgan fingerprint density at radius 3 is 2.65 bits per heavy atom. The highest BCUT2D eigenvalue weighted by Gasteiger charge is 2.25. The average Bonchev–Trinajstić information content (AvgIpc) is 3.01. The molecule has 5 heteroatoms. The zero-order valence-electron chi connectivity index (χ0n) is 11.6. The van der Waals surface area contributed by atoms with Gasteiger partial charge in [0.1, 0.15) is 0 Å². The minimum Gasteiger partial charge on any atom is -0.338 e. The molecule has 2 aromatic rings. The van der Waals surface area contributed by atoms with E-state index in [9.17, 15) is 4.79 Å². The lowest BCUT2D eigenvalue weighted by Gasteiger charge is -2.32. The van der Waals surface area contributed by atoms with Gasteiger partial charge in [-0.15, -0.1) is 5.10 Å². The molecule has 0 atom stereocenters. The molecule has 104 valence electrons. The van der Waals surface area contributed by atoms with E-state index in [1.165, 1.54) is 0 Å². The van der Waals surface area contributed by atoms with E-state index in [1.54, 1.807) is 6.20 Å². The van der Waals surface area contributed by atoms with Crippen molar-refractivity contribution in [2.45, 2.75) is 25.8 Å². The van der Waals surface area contributed by atoms with E-state index in [1.807, 2.05) is 47.0 Å². The van der Waals surface area contributed by atoms with Crippen LogP contribution in [0.4, 0.5) is 0 Å². The van der Waals surface area contributed by atoms with Crippen LogP contribution in [0.2, 0.25) is 0 Å². The highest BCUT2D eigenvalue weighted by molar-refractivity contribution is 5.95. The minimum atomic E-state index is 0.139. The van der Waals surface area contributed by atoms with Gasteiger partial charge in [0.25, 0.3) is 5.91 Å². The van der Waals surface area contributed by atoms with E-state index < -0.39 is 0 Å². The predicted octanol–water partition coefficient (Wildman–Crippen LogP) is 2.06. The van der Waals surface area contributed by atoms with Crippen LogP contribution in [-0.4, -0.2) is 38.9 Å². The number of nitrogens with zero attached hydrogens (tertiary/aromatic N) is 4. The van der Waals surface area contributed by atoms with Gasteiger partial charge in [0.05, 0.1) is 12.2 Å². The molecule has 0 spiro atoms. The summed E-state index contributed by atoms with van der Waals surface area (Å²) >= 11 is 0. The number of likely N-dealkylation sites (tertiary alicyclic amines) is 1. The van der Waals surface area contributed by atoms with Crippen LogP contribution >= 0.6 is 0 Å². The highest BCUT2D eigenvalue weighted by atomic mass is 16.2. The predicted molar refractivity (Wildman–Crippen MR) is 75.4 cm³/mol. The van der Waals surface area contributed by atoms with Crippen molar-refractivity contribution in [3.63, 3.8) is 0 Å². The first kappa shape index (κ1) is 12.8. The smallest absolute Gasteiger partial charge is 0.254 e. The maximum Gasteiger partial charge on any atom is 0.254 e. The van der Waals surface area contributed by atoms with Gasteiger partial charge in [-0.3, -0.25) is 4.79 Å². The second-order valence-electron chi connectivity index (χ2n) is 5.22. The Labute approximate surface area is 118 Å². The van der Waals surface area contributed by atoms with E-state index in [2.05, 4.69) is 10.3 Å². The Morgan fingerprint density at radius 2 is 2.00 bits per heavy atom. The SMILES string of the molecule is Cc1ccccc1C(=O)N1CCC(n2ccnn2)CC1. The summed E-state index contributed by atoms with van der Waals surface area (Å²) in [6.07, 6.45) is 5.45. The van der Waals surface area contributed by atoms with Gasteiger partial charge in [0.2, 0.25) is 0 Å². The summed E-state index contributed by atoms with van der Waals surface area (Å²) in [4.78, 5) is 14.4. The van der Waals surface area contributed by atoms with Crippen LogP contribution in [0, 0.1) is 6.92 Å². The van der Waals surface area contributed by atoms with Crippen LogP contribution < -0.4 is 0 Å². The molecule has 0 saturated carbocycles. The number of hydrogen-bond donors (Lipinski definition) is 0. The van der Waals surface area contributed by atoms with E-state index in [0.29, 0.717) is 6.04 Å². The molecule has 1 fully saturated rings. The molecule has 0 unspecified atom stereocenters. The van der Waals surface area contributed by atoms with Gasteiger partial charge in [0.15, 0.2) is 0 Å². The molecule has 2 heterocycles. The summed E-state index contributed by atoms with van der Waals surface area (Å²) in [7, 11) is 0. The third-order valence-electron chi connectivity index (χ3n) is 3.94. The topological polar surface area (TPSA) is 51.0 Å². The molecule has 1 saturated heterocycles. The van der Waals surface area contributed by atoms with E-state index in [4.69, 9.17) is 0 Å². The van der Waals surface area contributed by atoms with Gasteiger partial charge in [-0.05, 0) is 31.4 Å². The molecule has 0 N–H and O–H groups in total. The molecule has 0 aliphatic carbocycles. The quantitative estimate of drug-likeness (QED) is 0.839. The molecule has 1 aliphatic heterocycles. The molecule has 1 aromatic heterocycles. The van der Waals surface area contributed by atoms with Gasteiger partial charge in [0, 0.05) is 24.8 Å². The van der Waals surface area contributed by atoms with Crippen LogP contribution in [0.3, 0.4) is 0 Å². The van der Waals surface area contributed by atoms with Crippen LogP contribution in [0.15, 0.2) is 36.7 Å². The molecule has 20 heavy (non-hydrogen) atoms. The van der Waals surface area contributed by atoms with Crippen molar-refractivity contribution < 1.29 is 4.79 Å². The third kappa shape index (κ3) is 2.43. The lowest BCUT2D eigenvalue weighted by Crippen LogP contribution is -2.39. The minimum absolute atomic E-state index is 0.139. The highest BCUT2D eigenvalue weighted by Crippen LogP contribution is 2.23. The molecule has 0 radical (unpaired) electrons. The number of piperidine rings is 1. The fourth-order valence-electron chi connectivity index (χ4n) is 2.73. The summed E-state index contributed by atoms with van der Waals surface area (Å²) in [6, 6.07) is 8.13. The molecule has 1 amide bonds. The van der Waals surface area contributed by atoms with Gasteiger partial charge in [-0.1, -0.05) is 23.4 Å². The van der Waals surface area contributed by atoms with Crippen molar-refractivity contribution in [2.24, 2.45) is 0 Å². The second-order valence-corrected chi connectivity index (χ2v) is 5.22. The van der Waals surface area contributed by atoms with Crippen LogP contribution in [-0.2, 0) is 0 Å². The molecule has 1 aliphatic rings. The van der Waals surface area contributed by atoms with Crippen molar-refractivity contribution in [2.75, 3.05) is 13.1 Å². The Hall–Kier alpha value is -2.17. The molecular formula is C15H18N4O. The van der Waals surface area contributed by atoms with E-state index in [-0.39, 0.29) is 5.91 Å². The van der Waals surface area contributed by atoms with E-state index >= 15 is 0 Å². The largest absolute Gasteiger partial charge is 0.338 e. The summed E-state index contributed by atoms with van der Waals surface area (Å²) in [5.41, 5.74) is 1.85. The number of aromatic nitrogens is 3. The number of rotatable bonds is 2. The zero-order valence-corrected chi connectivity index (χ0v) is 11.6. The molecule has 1 aromatic carbocycles. The van der Waals surface area contributed by atoms with Crippen molar-refractivity contribution in [3.05, 3.63) is 47.8 Å². The number of aryl methyl sites for hydroxylation is 1. The summed E-state index contributed by atoms with van der Waals surface area (Å²) < 4.78 is 1.90. The fraction of sp³-hybridized carbons (Fsp3) is 0.400. The lowest BCUT2D eigenvalue weighted by molar-refractivity contribution is 0.0688. The Bertz CT molecular complexity index is 586. The maximum absolute atomic E-state index is 12.5. The average molecular weight is 270 g/mol. The Morgan fingerprint density at radius 1 is 1.25 bits per heavy atom. The zero-order chi connectivity index (χ0) is 13.9. The second kappa shape index (κ2) is 5.45. The Balaban J connectivity index is 1.66. The number of amides is 1. The Kier molecular flexibility index (Phi) is 3.50. The van der Waals surface area contributed by atoms with Gasteiger partial charge in [-0.25, -0.2) is 4.68 Å². The van der Waals surface area contributed by atoms with Crippen molar-refractivity contribution in [1.29, 1.82) is 0 Å². The molecule has 0 bridgehead atoms. The van der Waals surface area contributed by atoms with Crippen LogP contribution in [0.25, 0.3) is 0 Å². The van der Waals surface area contributed by atoms with Crippen LogP contribution in [0.5, 0.6) is 0 Å². The molecule has 3 rings (SSSR count). The number of carbonyl (C=O) groups is 1. The first-order valence-electron chi connectivity index (χ1n) is 6.96. The standard InChI is InChI=1S/C15H18N4O/c1-12-4-2-3-5-14(12)15(20)18-9-6-13(7-10-18)19-11-8-16-17-19/h2-5,8,11,13H,6-7,9-10H2,1H3. The molecular weight excluding hydrogens is 252 g/mol. The number of benzene rings is 1. The summed E-state index contributed by atoms with van der Waals surface area (Å²) in [5.74, 6) is 0.139. The van der Waals surface area contributed by atoms with Crippen molar-refractivity contribution in [1.82, 2.24) is 19.9 Å². The normalized spacial score (nSPS) is 16.4. The first-order valence-corrected chi connectivity index (χ1v) is 6.96.